The molecular formula is C10H16N4S2Si. The molecule has 2 aromatic heterocycles. The highest BCUT2D eigenvalue weighted by Gasteiger charge is 2.28. The molecule has 2 aromatic rings. The normalized spacial score (nSPS) is 12.0. The highest BCUT2D eigenvalue weighted by atomic mass is 32.1. The van der Waals surface area contributed by atoms with Crippen molar-refractivity contribution in [3.05, 3.63) is 34.3 Å². The van der Waals surface area contributed by atoms with E-state index in [9.17, 15) is 0 Å². The fourth-order valence-electron chi connectivity index (χ4n) is 1.88. The van der Waals surface area contributed by atoms with Gasteiger partial charge in [-0.3, -0.25) is 0 Å². The van der Waals surface area contributed by atoms with Crippen molar-refractivity contribution in [2.24, 2.45) is 14.1 Å². The maximum absolute atomic E-state index is 5.43. The Morgan fingerprint density at radius 3 is 1.41 bits per heavy atom. The van der Waals surface area contributed by atoms with Crippen LogP contribution >= 0.6 is 24.4 Å². The molecule has 2 heterocycles. The van der Waals surface area contributed by atoms with E-state index in [1.54, 1.807) is 0 Å². The van der Waals surface area contributed by atoms with Gasteiger partial charge in [0.05, 0.1) is 0 Å². The van der Waals surface area contributed by atoms with Gasteiger partial charge in [0.25, 0.3) is 8.40 Å². The van der Waals surface area contributed by atoms with Crippen molar-refractivity contribution in [2.45, 2.75) is 13.1 Å². The average molecular weight is 284 g/mol. The third kappa shape index (κ3) is 1.88. The van der Waals surface area contributed by atoms with Crippen LogP contribution in [0.4, 0.5) is 0 Å². The second-order valence-corrected chi connectivity index (χ2v) is 9.30. The summed E-state index contributed by atoms with van der Waals surface area (Å²) in [4.78, 5) is 0. The standard InChI is InChI=1S/C10H16N4S2Si/c1-11-5-7-13(9(11)15)17(3,4)14-8-6-12(2)10(14)16/h5-8H,1-4H3. The van der Waals surface area contributed by atoms with Gasteiger partial charge in [-0.25, -0.2) is 0 Å². The molecule has 0 aliphatic rings. The molecular weight excluding hydrogens is 268 g/mol. The van der Waals surface area contributed by atoms with E-state index >= 15 is 0 Å². The van der Waals surface area contributed by atoms with Crippen LogP contribution in [-0.2, 0) is 14.1 Å². The molecule has 92 valence electrons. The first-order valence-electron chi connectivity index (χ1n) is 5.34. The molecule has 17 heavy (non-hydrogen) atoms. The largest absolute Gasteiger partial charge is 0.332 e. The molecule has 0 fully saturated rings. The van der Waals surface area contributed by atoms with Crippen LogP contribution in [0.5, 0.6) is 0 Å². The number of aromatic nitrogens is 4. The third-order valence-corrected chi connectivity index (χ3v) is 7.45. The van der Waals surface area contributed by atoms with E-state index < -0.39 is 8.40 Å². The van der Waals surface area contributed by atoms with Crippen LogP contribution in [0.2, 0.25) is 13.1 Å². The van der Waals surface area contributed by atoms with E-state index in [1.807, 2.05) is 48.0 Å². The van der Waals surface area contributed by atoms with Gasteiger partial charge in [-0.2, -0.15) is 0 Å². The van der Waals surface area contributed by atoms with Crippen molar-refractivity contribution >= 4 is 32.8 Å². The number of rotatable bonds is 2. The molecule has 0 atom stereocenters. The molecule has 0 saturated heterocycles. The van der Waals surface area contributed by atoms with Gasteiger partial charge in [-0.1, -0.05) is 0 Å². The van der Waals surface area contributed by atoms with Crippen molar-refractivity contribution in [2.75, 3.05) is 0 Å². The number of hydrogen-bond donors (Lipinski definition) is 0. The summed E-state index contributed by atoms with van der Waals surface area (Å²) in [7, 11) is 2.01. The molecule has 4 nitrogen and oxygen atoms in total. The Morgan fingerprint density at radius 2 is 1.18 bits per heavy atom. The van der Waals surface area contributed by atoms with Gasteiger partial charge in [-0.15, -0.1) is 0 Å². The number of aryl methyl sites for hydroxylation is 2. The first kappa shape index (κ1) is 12.5. The molecule has 0 aliphatic carbocycles. The Labute approximate surface area is 112 Å². The van der Waals surface area contributed by atoms with Crippen LogP contribution in [0.3, 0.4) is 0 Å². The van der Waals surface area contributed by atoms with Crippen LogP contribution in [0.15, 0.2) is 24.8 Å². The summed E-state index contributed by atoms with van der Waals surface area (Å²) in [5, 5.41) is 0. The van der Waals surface area contributed by atoms with Gasteiger partial charge < -0.3 is 17.6 Å². The number of imidazole rings is 2. The molecule has 0 spiro atoms. The van der Waals surface area contributed by atoms with Crippen molar-refractivity contribution in [3.8, 4) is 0 Å². The smallest absolute Gasteiger partial charge is 0.270 e. The highest BCUT2D eigenvalue weighted by Crippen LogP contribution is 2.13. The van der Waals surface area contributed by atoms with E-state index in [0.717, 1.165) is 9.54 Å². The van der Waals surface area contributed by atoms with Gasteiger partial charge in [0, 0.05) is 38.9 Å². The molecule has 0 aromatic carbocycles. The third-order valence-electron chi connectivity index (χ3n) is 3.07. The number of hydrogen-bond acceptors (Lipinski definition) is 2. The lowest BCUT2D eigenvalue weighted by molar-refractivity contribution is 0.842. The van der Waals surface area contributed by atoms with Crippen molar-refractivity contribution < 1.29 is 0 Å². The summed E-state index contributed by atoms with van der Waals surface area (Å²) in [6.45, 7) is 4.47. The Kier molecular flexibility index (Phi) is 3.00. The van der Waals surface area contributed by atoms with Crippen LogP contribution < -0.4 is 0 Å². The lowest BCUT2D eigenvalue weighted by Crippen LogP contribution is -2.44. The molecule has 0 N–H and O–H groups in total. The zero-order valence-corrected chi connectivity index (χ0v) is 13.0. The van der Waals surface area contributed by atoms with E-state index in [2.05, 4.69) is 21.6 Å². The summed E-state index contributed by atoms with van der Waals surface area (Å²) in [5.41, 5.74) is 0. The second-order valence-electron chi connectivity index (χ2n) is 4.62. The van der Waals surface area contributed by atoms with Crippen molar-refractivity contribution in [1.29, 1.82) is 0 Å². The van der Waals surface area contributed by atoms with Gasteiger partial charge in [0.1, 0.15) is 0 Å². The Hall–Kier alpha value is -0.923. The maximum Gasteiger partial charge on any atom is 0.270 e. The molecule has 0 amide bonds. The van der Waals surface area contributed by atoms with Crippen LogP contribution in [0, 0.1) is 9.54 Å². The minimum Gasteiger partial charge on any atom is -0.332 e. The van der Waals surface area contributed by atoms with Gasteiger partial charge in [0.15, 0.2) is 9.54 Å². The first-order chi connectivity index (χ1) is 7.85. The quantitative estimate of drug-likeness (QED) is 0.624. The fraction of sp³-hybridized carbons (Fsp3) is 0.400. The van der Waals surface area contributed by atoms with Gasteiger partial charge in [0.2, 0.25) is 0 Å². The molecule has 0 aliphatic heterocycles. The predicted molar refractivity (Wildman–Crippen MR) is 76.8 cm³/mol. The van der Waals surface area contributed by atoms with Crippen molar-refractivity contribution in [1.82, 2.24) is 17.6 Å². The minimum absolute atomic E-state index is 0.840. The fourth-order valence-corrected chi connectivity index (χ4v) is 5.81. The Balaban J connectivity index is 2.65. The Morgan fingerprint density at radius 1 is 0.824 bits per heavy atom. The minimum atomic E-state index is -1.92. The molecule has 7 heteroatoms. The summed E-state index contributed by atoms with van der Waals surface area (Å²) in [6.07, 6.45) is 8.07. The number of nitrogens with zero attached hydrogens (tertiary/aromatic N) is 4. The molecule has 0 saturated carbocycles. The van der Waals surface area contributed by atoms with E-state index in [1.165, 1.54) is 0 Å². The van der Waals surface area contributed by atoms with E-state index in [4.69, 9.17) is 24.4 Å². The zero-order valence-electron chi connectivity index (χ0n) is 10.4. The second kappa shape index (κ2) is 4.07. The highest BCUT2D eigenvalue weighted by molar-refractivity contribution is 7.71. The predicted octanol–water partition coefficient (Wildman–Crippen LogP) is 2.52. The van der Waals surface area contributed by atoms with E-state index in [0.29, 0.717) is 0 Å². The average Bonchev–Trinajstić information content (AvgIpc) is 2.75. The van der Waals surface area contributed by atoms with E-state index in [-0.39, 0.29) is 0 Å². The van der Waals surface area contributed by atoms with Crippen molar-refractivity contribution in [3.63, 3.8) is 0 Å². The monoisotopic (exact) mass is 284 g/mol. The Bertz CT molecular complexity index is 602. The van der Waals surface area contributed by atoms with Gasteiger partial charge in [-0.05, 0) is 37.5 Å². The summed E-state index contributed by atoms with van der Waals surface area (Å²) in [5.74, 6) is 0. The lowest BCUT2D eigenvalue weighted by Gasteiger charge is -2.25. The van der Waals surface area contributed by atoms with Crippen LogP contribution in [-0.4, -0.2) is 26.0 Å². The zero-order chi connectivity index (χ0) is 12.8. The van der Waals surface area contributed by atoms with Gasteiger partial charge >= 0.3 is 0 Å². The molecule has 0 radical (unpaired) electrons. The molecule has 0 unspecified atom stereocenters. The van der Waals surface area contributed by atoms with Crippen LogP contribution in [0.1, 0.15) is 0 Å². The topological polar surface area (TPSA) is 19.7 Å². The first-order valence-corrected chi connectivity index (χ1v) is 9.05. The SMILES string of the molecule is Cn1ccn([Si](C)(C)n2ccn(C)c2=S)c1=S. The lowest BCUT2D eigenvalue weighted by atomic mass is 10.9. The maximum atomic E-state index is 5.43. The van der Waals surface area contributed by atoms with Crippen LogP contribution in [0.25, 0.3) is 0 Å². The summed E-state index contributed by atoms with van der Waals surface area (Å²) < 4.78 is 9.95. The summed E-state index contributed by atoms with van der Waals surface area (Å²) in [6, 6.07) is 0. The summed E-state index contributed by atoms with van der Waals surface area (Å²) >= 11 is 10.9. The molecule has 0 bridgehead atoms. The molecule has 2 rings (SSSR count).